The normalized spacial score (nSPS) is 24.6. The van der Waals surface area contributed by atoms with Gasteiger partial charge in [-0.3, -0.25) is 0 Å². The summed E-state index contributed by atoms with van der Waals surface area (Å²) in [4.78, 5) is 14.9. The van der Waals surface area contributed by atoms with Gasteiger partial charge in [0.25, 0.3) is 0 Å². The molecule has 0 aromatic rings. The largest absolute Gasteiger partial charge is 0.505 e. The number of ether oxygens (including phenoxy) is 3. The maximum atomic E-state index is 10.2. The molecule has 7 heteroatoms. The average molecular weight is 205 g/mol. The topological polar surface area (TPSA) is 86.3 Å². The molecule has 1 unspecified atom stereocenters. The van der Waals surface area contributed by atoms with Gasteiger partial charge >= 0.3 is 6.16 Å². The van der Waals surface area contributed by atoms with Crippen LogP contribution in [-0.4, -0.2) is 37.5 Å². The molecule has 1 aliphatic rings. The third-order valence-electron chi connectivity index (χ3n) is 1.48. The third kappa shape index (κ3) is 2.87. The van der Waals surface area contributed by atoms with Crippen LogP contribution >= 0.6 is 0 Å². The molecule has 0 aromatic carbocycles. The van der Waals surface area contributed by atoms with Crippen molar-refractivity contribution in [2.45, 2.75) is 5.72 Å². The first-order chi connectivity index (χ1) is 6.68. The minimum absolute atomic E-state index is 0.0102. The van der Waals surface area contributed by atoms with Gasteiger partial charge < -0.3 is 24.2 Å². The molecule has 0 saturated carbocycles. The van der Waals surface area contributed by atoms with E-state index in [4.69, 9.17) is 14.7 Å². The number of hydrogen-bond acceptors (Lipinski definition) is 6. The van der Waals surface area contributed by atoms with E-state index in [0.29, 0.717) is 0 Å². The van der Waals surface area contributed by atoms with Crippen molar-refractivity contribution in [3.05, 3.63) is 12.3 Å². The van der Waals surface area contributed by atoms with Gasteiger partial charge in [0, 0.05) is 13.2 Å². The van der Waals surface area contributed by atoms with Gasteiger partial charge in [-0.2, -0.15) is 0 Å². The quantitative estimate of drug-likeness (QED) is 0.484. The molecule has 1 aliphatic heterocycles. The molecule has 80 valence electrons. The van der Waals surface area contributed by atoms with Crippen molar-refractivity contribution in [3.63, 3.8) is 0 Å². The SMILES string of the molecule is COCOC1(COC(=O)O)C=CON1. The zero-order valence-electron chi connectivity index (χ0n) is 7.56. The number of carboxylic acid groups (broad SMARTS) is 1. The highest BCUT2D eigenvalue weighted by molar-refractivity contribution is 5.56. The Bertz CT molecular complexity index is 230. The van der Waals surface area contributed by atoms with Crippen molar-refractivity contribution < 1.29 is 28.9 Å². The van der Waals surface area contributed by atoms with Gasteiger partial charge in [-0.15, -0.1) is 5.48 Å². The van der Waals surface area contributed by atoms with Gasteiger partial charge in [-0.1, -0.05) is 0 Å². The Kier molecular flexibility index (Phi) is 3.69. The predicted octanol–water partition coefficient (Wildman–Crippen LogP) is 0.0463. The lowest BCUT2D eigenvalue weighted by Gasteiger charge is -2.24. The summed E-state index contributed by atoms with van der Waals surface area (Å²) >= 11 is 0. The Morgan fingerprint density at radius 1 is 1.71 bits per heavy atom. The lowest BCUT2D eigenvalue weighted by molar-refractivity contribution is -0.171. The van der Waals surface area contributed by atoms with Crippen molar-refractivity contribution in [2.75, 3.05) is 20.5 Å². The molecule has 2 N–H and O–H groups in total. The zero-order valence-corrected chi connectivity index (χ0v) is 7.56. The Morgan fingerprint density at radius 2 is 2.50 bits per heavy atom. The number of nitrogens with one attached hydrogen (secondary N) is 1. The molecule has 0 spiro atoms. The Morgan fingerprint density at radius 3 is 3.00 bits per heavy atom. The highest BCUT2D eigenvalue weighted by atomic mass is 16.7. The van der Waals surface area contributed by atoms with Gasteiger partial charge in [0.05, 0.1) is 0 Å². The van der Waals surface area contributed by atoms with Gasteiger partial charge in [0.1, 0.15) is 19.7 Å². The monoisotopic (exact) mass is 205 g/mol. The molecule has 0 radical (unpaired) electrons. The maximum absolute atomic E-state index is 10.2. The summed E-state index contributed by atoms with van der Waals surface area (Å²) in [6.45, 7) is -0.230. The fourth-order valence-electron chi connectivity index (χ4n) is 0.842. The second-order valence-corrected chi connectivity index (χ2v) is 2.52. The zero-order chi connectivity index (χ0) is 10.4. The molecule has 1 atom stereocenters. The second-order valence-electron chi connectivity index (χ2n) is 2.52. The predicted molar refractivity (Wildman–Crippen MR) is 43.0 cm³/mol. The van der Waals surface area contributed by atoms with Crippen LogP contribution in [0.2, 0.25) is 0 Å². The van der Waals surface area contributed by atoms with Crippen LogP contribution in [0.3, 0.4) is 0 Å². The van der Waals surface area contributed by atoms with Crippen LogP contribution in [0, 0.1) is 0 Å². The van der Waals surface area contributed by atoms with Crippen LogP contribution in [0.4, 0.5) is 4.79 Å². The molecule has 0 amide bonds. The summed E-state index contributed by atoms with van der Waals surface area (Å²) in [6.07, 6.45) is 1.45. The summed E-state index contributed by atoms with van der Waals surface area (Å²) in [5.74, 6) is 0. The summed E-state index contributed by atoms with van der Waals surface area (Å²) in [5.41, 5.74) is 1.36. The molecule has 7 nitrogen and oxygen atoms in total. The first-order valence-electron chi connectivity index (χ1n) is 3.78. The van der Waals surface area contributed by atoms with E-state index in [-0.39, 0.29) is 13.4 Å². The highest BCUT2D eigenvalue weighted by Crippen LogP contribution is 2.15. The van der Waals surface area contributed by atoms with Crippen LogP contribution in [0.5, 0.6) is 0 Å². The first-order valence-corrected chi connectivity index (χ1v) is 3.78. The van der Waals surface area contributed by atoms with Gasteiger partial charge in [0.2, 0.25) is 5.72 Å². The van der Waals surface area contributed by atoms with E-state index in [2.05, 4.69) is 15.0 Å². The fraction of sp³-hybridized carbons (Fsp3) is 0.571. The summed E-state index contributed by atoms with van der Waals surface area (Å²) in [7, 11) is 1.45. The minimum atomic E-state index is -1.38. The Hall–Kier alpha value is -1.31. The lowest BCUT2D eigenvalue weighted by atomic mass is 10.2. The highest BCUT2D eigenvalue weighted by Gasteiger charge is 2.34. The van der Waals surface area contributed by atoms with E-state index in [9.17, 15) is 4.79 Å². The lowest BCUT2D eigenvalue weighted by Crippen LogP contribution is -2.47. The van der Waals surface area contributed by atoms with Crippen molar-refractivity contribution in [1.29, 1.82) is 0 Å². The van der Waals surface area contributed by atoms with E-state index >= 15 is 0 Å². The van der Waals surface area contributed by atoms with Gasteiger partial charge in [-0.05, 0) is 0 Å². The van der Waals surface area contributed by atoms with Crippen LogP contribution in [0.15, 0.2) is 12.3 Å². The van der Waals surface area contributed by atoms with Gasteiger partial charge in [-0.25, -0.2) is 4.79 Å². The van der Waals surface area contributed by atoms with Crippen LogP contribution < -0.4 is 5.48 Å². The van der Waals surface area contributed by atoms with Crippen molar-refractivity contribution in [3.8, 4) is 0 Å². The minimum Gasteiger partial charge on any atom is -0.450 e. The number of rotatable bonds is 5. The smallest absolute Gasteiger partial charge is 0.450 e. The van der Waals surface area contributed by atoms with E-state index in [1.165, 1.54) is 19.4 Å². The van der Waals surface area contributed by atoms with E-state index < -0.39 is 11.9 Å². The summed E-state index contributed by atoms with van der Waals surface area (Å²) in [5, 5.41) is 8.31. The van der Waals surface area contributed by atoms with Crippen LogP contribution in [0.1, 0.15) is 0 Å². The van der Waals surface area contributed by atoms with E-state index in [0.717, 1.165) is 0 Å². The number of hydroxylamine groups is 1. The van der Waals surface area contributed by atoms with Crippen molar-refractivity contribution in [1.82, 2.24) is 5.48 Å². The second kappa shape index (κ2) is 4.80. The van der Waals surface area contributed by atoms with Crippen molar-refractivity contribution >= 4 is 6.16 Å². The number of methoxy groups -OCH3 is 1. The van der Waals surface area contributed by atoms with E-state index in [1.807, 2.05) is 0 Å². The molecule has 1 rings (SSSR count). The van der Waals surface area contributed by atoms with Crippen molar-refractivity contribution in [2.24, 2.45) is 0 Å². The molecular formula is C7H11NO6. The van der Waals surface area contributed by atoms with Gasteiger partial charge in [0.15, 0.2) is 0 Å². The molecule has 0 fully saturated rings. The first kappa shape index (κ1) is 10.8. The standard InChI is InChI=1S/C7H11NO6/c1-11-5-13-7(2-3-14-8-7)4-12-6(9)10/h2-3,8H,4-5H2,1H3,(H,9,10). The molecule has 0 aromatic heterocycles. The van der Waals surface area contributed by atoms with E-state index in [1.54, 1.807) is 0 Å². The van der Waals surface area contributed by atoms with Crippen LogP contribution in [-0.2, 0) is 19.0 Å². The summed E-state index contributed by atoms with van der Waals surface area (Å²) < 4.78 is 14.2. The maximum Gasteiger partial charge on any atom is 0.505 e. The Labute approximate surface area is 80.1 Å². The molecule has 0 bridgehead atoms. The third-order valence-corrected chi connectivity index (χ3v) is 1.48. The Balaban J connectivity index is 2.44. The molecule has 1 heterocycles. The fourth-order valence-corrected chi connectivity index (χ4v) is 0.842. The number of hydrogen-bond donors (Lipinski definition) is 2. The summed E-state index contributed by atoms with van der Waals surface area (Å²) in [6, 6.07) is 0. The number of carbonyl (C=O) groups is 1. The van der Waals surface area contributed by atoms with Crippen LogP contribution in [0.25, 0.3) is 0 Å². The molecule has 0 saturated heterocycles. The average Bonchev–Trinajstić information content (AvgIpc) is 2.61. The molecular weight excluding hydrogens is 194 g/mol. The molecule has 0 aliphatic carbocycles. The molecule has 14 heavy (non-hydrogen) atoms.